The molecule has 2 fully saturated rings. The molecular formula is C25H32N2O5. The Morgan fingerprint density at radius 2 is 1.19 bits per heavy atom. The Labute approximate surface area is 189 Å². The second-order valence-corrected chi connectivity index (χ2v) is 8.27. The maximum absolute atomic E-state index is 12.9. The van der Waals surface area contributed by atoms with Crippen LogP contribution in [0.1, 0.15) is 27.0 Å². The first-order valence-corrected chi connectivity index (χ1v) is 11.1. The lowest BCUT2D eigenvalue weighted by Gasteiger charge is -2.31. The molecule has 0 aliphatic carbocycles. The van der Waals surface area contributed by atoms with Gasteiger partial charge in [0.25, 0.3) is 0 Å². The van der Waals surface area contributed by atoms with E-state index in [0.717, 1.165) is 39.3 Å². The standard InChI is InChI=1S/C25H32N2O5/c1-29-23-17-26(11-13-31-23)15-19-3-7-21(8-4-19)25(28)22-9-5-20(6-10-22)16-27-12-14-32-24(18-27)30-2/h3-10,23-24H,11-18H2,1-2H3. The highest BCUT2D eigenvalue weighted by Crippen LogP contribution is 2.17. The first-order chi connectivity index (χ1) is 15.6. The van der Waals surface area contributed by atoms with Crippen molar-refractivity contribution in [2.45, 2.75) is 25.7 Å². The number of carbonyl (C=O) groups excluding carboxylic acids is 1. The molecule has 2 heterocycles. The highest BCUT2D eigenvalue weighted by Gasteiger charge is 2.21. The molecule has 172 valence electrons. The molecule has 2 aliphatic heterocycles. The summed E-state index contributed by atoms with van der Waals surface area (Å²) in [5.41, 5.74) is 3.76. The number of hydrogen-bond acceptors (Lipinski definition) is 7. The molecule has 7 nitrogen and oxygen atoms in total. The number of carbonyl (C=O) groups is 1. The van der Waals surface area contributed by atoms with Crippen LogP contribution in [0.5, 0.6) is 0 Å². The smallest absolute Gasteiger partial charge is 0.193 e. The molecule has 2 aromatic rings. The molecule has 2 atom stereocenters. The Morgan fingerprint density at radius 3 is 1.56 bits per heavy atom. The number of ketones is 1. The van der Waals surface area contributed by atoms with E-state index in [1.54, 1.807) is 14.2 Å². The molecule has 0 saturated carbocycles. The van der Waals surface area contributed by atoms with Gasteiger partial charge in [-0.15, -0.1) is 0 Å². The van der Waals surface area contributed by atoms with Crippen molar-refractivity contribution < 1.29 is 23.7 Å². The third-order valence-corrected chi connectivity index (χ3v) is 6.01. The van der Waals surface area contributed by atoms with Crippen LogP contribution in [-0.2, 0) is 32.0 Å². The Hall–Kier alpha value is -2.13. The number of methoxy groups -OCH3 is 2. The van der Waals surface area contributed by atoms with Crippen molar-refractivity contribution in [1.82, 2.24) is 9.80 Å². The van der Waals surface area contributed by atoms with Gasteiger partial charge >= 0.3 is 0 Å². The van der Waals surface area contributed by atoms with E-state index in [2.05, 4.69) is 9.80 Å². The zero-order valence-corrected chi connectivity index (χ0v) is 18.9. The van der Waals surface area contributed by atoms with Gasteiger partial charge in [0.05, 0.1) is 13.2 Å². The van der Waals surface area contributed by atoms with Gasteiger partial charge in [0.1, 0.15) is 0 Å². The fraction of sp³-hybridized carbons (Fsp3) is 0.480. The van der Waals surface area contributed by atoms with Gasteiger partial charge in [-0.25, -0.2) is 0 Å². The molecule has 0 bridgehead atoms. The molecule has 0 N–H and O–H groups in total. The molecule has 0 aromatic heterocycles. The number of hydrogen-bond donors (Lipinski definition) is 0. The van der Waals surface area contributed by atoms with Gasteiger partial charge < -0.3 is 18.9 Å². The molecule has 32 heavy (non-hydrogen) atoms. The van der Waals surface area contributed by atoms with Gasteiger partial charge in [0, 0.05) is 64.6 Å². The van der Waals surface area contributed by atoms with Crippen molar-refractivity contribution >= 4 is 5.78 Å². The van der Waals surface area contributed by atoms with E-state index >= 15 is 0 Å². The normalized spacial score (nSPS) is 22.7. The third kappa shape index (κ3) is 6.01. The van der Waals surface area contributed by atoms with Crippen molar-refractivity contribution in [3.05, 3.63) is 70.8 Å². The van der Waals surface area contributed by atoms with Crippen molar-refractivity contribution in [2.75, 3.05) is 53.6 Å². The molecule has 0 spiro atoms. The lowest BCUT2D eigenvalue weighted by molar-refractivity contribution is -0.166. The fourth-order valence-electron chi connectivity index (χ4n) is 4.11. The number of benzene rings is 2. The van der Waals surface area contributed by atoms with Gasteiger partial charge in [0.15, 0.2) is 18.4 Å². The average molecular weight is 441 g/mol. The monoisotopic (exact) mass is 440 g/mol. The van der Waals surface area contributed by atoms with Gasteiger partial charge in [-0.05, 0) is 11.1 Å². The second-order valence-electron chi connectivity index (χ2n) is 8.27. The Balaban J connectivity index is 1.32. The van der Waals surface area contributed by atoms with Crippen LogP contribution in [0.4, 0.5) is 0 Å². The molecule has 2 aromatic carbocycles. The summed E-state index contributed by atoms with van der Waals surface area (Å²) in [6.07, 6.45) is -0.338. The summed E-state index contributed by atoms with van der Waals surface area (Å²) in [5, 5.41) is 0. The summed E-state index contributed by atoms with van der Waals surface area (Å²) in [7, 11) is 3.33. The minimum Gasteiger partial charge on any atom is -0.355 e. The summed E-state index contributed by atoms with van der Waals surface area (Å²) in [6, 6.07) is 15.8. The lowest BCUT2D eigenvalue weighted by Crippen LogP contribution is -2.42. The van der Waals surface area contributed by atoms with Gasteiger partial charge in [-0.3, -0.25) is 14.6 Å². The molecule has 0 radical (unpaired) electrons. The quantitative estimate of drug-likeness (QED) is 0.585. The summed E-state index contributed by atoms with van der Waals surface area (Å²) in [6.45, 7) is 6.23. The van der Waals surface area contributed by atoms with Crippen LogP contribution >= 0.6 is 0 Å². The summed E-state index contributed by atoms with van der Waals surface area (Å²) >= 11 is 0. The van der Waals surface area contributed by atoms with E-state index in [4.69, 9.17) is 18.9 Å². The molecular weight excluding hydrogens is 408 g/mol. The van der Waals surface area contributed by atoms with Crippen LogP contribution in [0.3, 0.4) is 0 Å². The van der Waals surface area contributed by atoms with E-state index < -0.39 is 0 Å². The number of nitrogens with zero attached hydrogens (tertiary/aromatic N) is 2. The van der Waals surface area contributed by atoms with Crippen molar-refractivity contribution in [3.8, 4) is 0 Å². The molecule has 2 unspecified atom stereocenters. The topological polar surface area (TPSA) is 60.5 Å². The minimum atomic E-state index is -0.169. The van der Waals surface area contributed by atoms with E-state index in [9.17, 15) is 4.79 Å². The summed E-state index contributed by atoms with van der Waals surface area (Å²) in [5.74, 6) is 0.0414. The predicted octanol–water partition coefficient (Wildman–Crippen LogP) is 2.53. The molecule has 0 amide bonds. The van der Waals surface area contributed by atoms with Crippen LogP contribution in [0.15, 0.2) is 48.5 Å². The number of morpholine rings is 2. The van der Waals surface area contributed by atoms with Crippen LogP contribution in [-0.4, -0.2) is 81.8 Å². The van der Waals surface area contributed by atoms with Crippen molar-refractivity contribution in [3.63, 3.8) is 0 Å². The highest BCUT2D eigenvalue weighted by atomic mass is 16.7. The van der Waals surface area contributed by atoms with Crippen LogP contribution in [0.2, 0.25) is 0 Å². The van der Waals surface area contributed by atoms with Gasteiger partial charge in [-0.2, -0.15) is 0 Å². The largest absolute Gasteiger partial charge is 0.355 e. The Bertz CT molecular complexity index is 799. The zero-order valence-electron chi connectivity index (χ0n) is 18.9. The maximum Gasteiger partial charge on any atom is 0.193 e. The van der Waals surface area contributed by atoms with Gasteiger partial charge in [0.2, 0.25) is 0 Å². The summed E-state index contributed by atoms with van der Waals surface area (Å²) in [4.78, 5) is 17.5. The van der Waals surface area contributed by atoms with Crippen LogP contribution in [0.25, 0.3) is 0 Å². The number of rotatable bonds is 8. The van der Waals surface area contributed by atoms with E-state index in [0.29, 0.717) is 24.3 Å². The second kappa shape index (κ2) is 11.1. The predicted molar refractivity (Wildman–Crippen MR) is 120 cm³/mol. The Kier molecular flexibility index (Phi) is 8.02. The van der Waals surface area contributed by atoms with E-state index in [1.807, 2.05) is 48.5 Å². The molecule has 7 heteroatoms. The van der Waals surface area contributed by atoms with Crippen molar-refractivity contribution in [2.24, 2.45) is 0 Å². The number of ether oxygens (including phenoxy) is 4. The van der Waals surface area contributed by atoms with E-state index in [-0.39, 0.29) is 18.4 Å². The van der Waals surface area contributed by atoms with Gasteiger partial charge in [-0.1, -0.05) is 48.5 Å². The molecule has 2 aliphatic rings. The Morgan fingerprint density at radius 1 is 0.781 bits per heavy atom. The van der Waals surface area contributed by atoms with Crippen molar-refractivity contribution in [1.29, 1.82) is 0 Å². The summed E-state index contributed by atoms with van der Waals surface area (Å²) < 4.78 is 21.7. The maximum atomic E-state index is 12.9. The van der Waals surface area contributed by atoms with Crippen LogP contribution < -0.4 is 0 Å². The molecule has 4 rings (SSSR count). The zero-order chi connectivity index (χ0) is 22.3. The first kappa shape index (κ1) is 23.0. The average Bonchev–Trinajstić information content (AvgIpc) is 2.85. The van der Waals surface area contributed by atoms with E-state index in [1.165, 1.54) is 11.1 Å². The minimum absolute atomic E-state index is 0.0414. The third-order valence-electron chi connectivity index (χ3n) is 6.01. The molecule has 2 saturated heterocycles. The van der Waals surface area contributed by atoms with Crippen LogP contribution in [0, 0.1) is 0 Å². The SMILES string of the molecule is COC1CN(Cc2ccc(C(=O)c3ccc(CN4CCOC(OC)C4)cc3)cc2)CCO1. The highest BCUT2D eigenvalue weighted by molar-refractivity contribution is 6.08. The lowest BCUT2D eigenvalue weighted by atomic mass is 10.0. The fourth-order valence-corrected chi connectivity index (χ4v) is 4.11. The first-order valence-electron chi connectivity index (χ1n) is 11.1.